The van der Waals surface area contributed by atoms with Gasteiger partial charge in [-0.05, 0) is 49.2 Å². The van der Waals surface area contributed by atoms with Gasteiger partial charge in [0.15, 0.2) is 17.3 Å². The summed E-state index contributed by atoms with van der Waals surface area (Å²) in [6.45, 7) is 0.988. The maximum Gasteiger partial charge on any atom is 0.286 e. The molecule has 3 aliphatic rings. The summed E-state index contributed by atoms with van der Waals surface area (Å²) >= 11 is 0. The maximum atomic E-state index is 12.9. The zero-order chi connectivity index (χ0) is 20.9. The average Bonchev–Trinajstić information content (AvgIpc) is 3.21. The van der Waals surface area contributed by atoms with Crippen molar-refractivity contribution in [2.45, 2.75) is 29.1 Å². The van der Waals surface area contributed by atoms with Gasteiger partial charge in [-0.2, -0.15) is 12.7 Å². The van der Waals surface area contributed by atoms with E-state index in [0.717, 1.165) is 19.3 Å². The lowest BCUT2D eigenvalue weighted by molar-refractivity contribution is 0.174. The minimum Gasteiger partial charge on any atom is -0.454 e. The molecule has 1 N–H and O–H groups in total. The molecule has 0 aliphatic carbocycles. The number of sulfonamides is 2. The number of fused-ring (bicyclic) bond motifs is 2. The predicted octanol–water partition coefficient (Wildman–Crippen LogP) is 2.15. The maximum absolute atomic E-state index is 12.9. The first-order valence-corrected chi connectivity index (χ1v) is 12.4. The van der Waals surface area contributed by atoms with Gasteiger partial charge in [0.05, 0.1) is 10.6 Å². The van der Waals surface area contributed by atoms with Crippen LogP contribution in [-0.2, 0) is 20.0 Å². The first kappa shape index (κ1) is 19.3. The lowest BCUT2D eigenvalue weighted by atomic mass is 10.1. The normalized spacial score (nSPS) is 20.2. The van der Waals surface area contributed by atoms with Gasteiger partial charge in [-0.1, -0.05) is 6.42 Å². The first-order valence-electron chi connectivity index (χ1n) is 9.51. The Labute approximate surface area is 174 Å². The molecule has 2 aromatic carbocycles. The minimum absolute atomic E-state index is 0.0461. The highest BCUT2D eigenvalue weighted by Gasteiger charge is 2.31. The monoisotopic (exact) mass is 449 g/mol. The van der Waals surface area contributed by atoms with Crippen molar-refractivity contribution in [1.29, 1.82) is 0 Å². The topological polar surface area (TPSA) is 114 Å². The molecule has 0 spiro atoms. The van der Waals surface area contributed by atoms with Crippen molar-refractivity contribution in [3.05, 3.63) is 42.0 Å². The summed E-state index contributed by atoms with van der Waals surface area (Å²) in [5, 5.41) is 2.98. The fraction of sp³-hybridized carbons (Fsp3) is 0.316. The number of benzene rings is 2. The molecule has 3 aliphatic heterocycles. The molecule has 3 heterocycles. The Morgan fingerprint density at radius 3 is 2.53 bits per heavy atom. The standard InChI is InChI=1S/C19H19N3O6S2/c23-29(24)18-11-14(30(25,26)22-8-2-1-3-9-22)5-6-15(18)20-19(21-29)13-4-7-16-17(10-13)28-12-27-16/h4-7,10-11H,1-3,8-9,12H2,(H,20,21). The van der Waals surface area contributed by atoms with E-state index in [-0.39, 0.29) is 28.1 Å². The molecule has 0 unspecified atom stereocenters. The van der Waals surface area contributed by atoms with Crippen LogP contribution in [0.3, 0.4) is 0 Å². The summed E-state index contributed by atoms with van der Waals surface area (Å²) in [6.07, 6.45) is 2.59. The van der Waals surface area contributed by atoms with Crippen LogP contribution in [-0.4, -0.2) is 46.9 Å². The summed E-state index contributed by atoms with van der Waals surface area (Å²) in [6, 6.07) is 9.07. The second-order valence-electron chi connectivity index (χ2n) is 7.23. The van der Waals surface area contributed by atoms with E-state index in [2.05, 4.69) is 9.71 Å². The number of hydrogen-bond donors (Lipinski definition) is 1. The molecule has 30 heavy (non-hydrogen) atoms. The molecule has 1 fully saturated rings. The average molecular weight is 450 g/mol. The molecule has 0 bridgehead atoms. The van der Waals surface area contributed by atoms with Gasteiger partial charge in [0, 0.05) is 18.7 Å². The SMILES string of the molecule is O=S1(=O)N=C(c2ccc3c(c2)OCO3)Nc2ccc(S(=O)(=O)N3CCCCC3)cc21. The quantitative estimate of drug-likeness (QED) is 0.764. The summed E-state index contributed by atoms with van der Waals surface area (Å²) < 4.78 is 67.4. The molecular weight excluding hydrogens is 430 g/mol. The van der Waals surface area contributed by atoms with Crippen LogP contribution in [0.5, 0.6) is 11.5 Å². The molecule has 1 saturated heterocycles. The summed E-state index contributed by atoms with van der Waals surface area (Å²) in [7, 11) is -7.85. The molecule has 0 aromatic heterocycles. The third kappa shape index (κ3) is 3.22. The van der Waals surface area contributed by atoms with Crippen molar-refractivity contribution >= 4 is 31.6 Å². The Bertz CT molecular complexity index is 1270. The van der Waals surface area contributed by atoms with E-state index in [1.165, 1.54) is 22.5 Å². The molecule has 0 saturated carbocycles. The second kappa shape index (κ2) is 6.96. The Hall–Kier alpha value is -2.63. The van der Waals surface area contributed by atoms with Crippen LogP contribution in [0.2, 0.25) is 0 Å². The lowest BCUT2D eigenvalue weighted by Crippen LogP contribution is -2.35. The summed E-state index contributed by atoms with van der Waals surface area (Å²) in [5.74, 6) is 1.21. The van der Waals surface area contributed by atoms with Crippen molar-refractivity contribution in [3.63, 3.8) is 0 Å². The van der Waals surface area contributed by atoms with Gasteiger partial charge in [-0.3, -0.25) is 0 Å². The number of piperidine rings is 1. The third-order valence-corrected chi connectivity index (χ3v) is 8.51. The summed E-state index contributed by atoms with van der Waals surface area (Å²) in [5.41, 5.74) is 0.786. The van der Waals surface area contributed by atoms with Crippen LogP contribution >= 0.6 is 0 Å². The van der Waals surface area contributed by atoms with Crippen molar-refractivity contribution in [2.24, 2.45) is 4.40 Å². The van der Waals surface area contributed by atoms with Crippen molar-refractivity contribution in [3.8, 4) is 11.5 Å². The molecule has 158 valence electrons. The van der Waals surface area contributed by atoms with Gasteiger partial charge in [0.2, 0.25) is 16.8 Å². The highest BCUT2D eigenvalue weighted by Crippen LogP contribution is 2.35. The Balaban J connectivity index is 1.51. The van der Waals surface area contributed by atoms with E-state index in [1.807, 2.05) is 0 Å². The first-order chi connectivity index (χ1) is 14.3. The third-order valence-electron chi connectivity index (χ3n) is 5.29. The van der Waals surface area contributed by atoms with Gasteiger partial charge < -0.3 is 14.8 Å². The van der Waals surface area contributed by atoms with Crippen molar-refractivity contribution < 1.29 is 26.3 Å². The van der Waals surface area contributed by atoms with E-state index < -0.39 is 20.0 Å². The second-order valence-corrected chi connectivity index (χ2v) is 10.7. The van der Waals surface area contributed by atoms with Gasteiger partial charge in [-0.15, -0.1) is 4.40 Å². The van der Waals surface area contributed by atoms with Crippen molar-refractivity contribution in [2.75, 3.05) is 25.2 Å². The number of ether oxygens (including phenoxy) is 2. The Morgan fingerprint density at radius 1 is 0.967 bits per heavy atom. The van der Waals surface area contributed by atoms with Crippen LogP contribution in [0.4, 0.5) is 5.69 Å². The van der Waals surface area contributed by atoms with E-state index in [0.29, 0.717) is 30.2 Å². The molecule has 0 atom stereocenters. The number of rotatable bonds is 3. The molecule has 9 nitrogen and oxygen atoms in total. The van der Waals surface area contributed by atoms with Gasteiger partial charge in [0.25, 0.3) is 10.0 Å². The van der Waals surface area contributed by atoms with Crippen molar-refractivity contribution in [1.82, 2.24) is 4.31 Å². The molecule has 5 rings (SSSR count). The number of anilines is 1. The van der Waals surface area contributed by atoms with E-state index in [9.17, 15) is 16.8 Å². The van der Waals surface area contributed by atoms with Gasteiger partial charge >= 0.3 is 0 Å². The van der Waals surface area contributed by atoms with Crippen LogP contribution < -0.4 is 14.8 Å². The van der Waals surface area contributed by atoms with Gasteiger partial charge in [-0.25, -0.2) is 8.42 Å². The fourth-order valence-electron chi connectivity index (χ4n) is 3.72. The molecule has 0 amide bonds. The fourth-order valence-corrected chi connectivity index (χ4v) is 6.50. The number of nitrogens with zero attached hydrogens (tertiary/aromatic N) is 2. The minimum atomic E-state index is -4.10. The number of hydrogen-bond acceptors (Lipinski definition) is 7. The van der Waals surface area contributed by atoms with E-state index >= 15 is 0 Å². The molecule has 0 radical (unpaired) electrons. The van der Waals surface area contributed by atoms with Crippen LogP contribution in [0.15, 0.2) is 50.6 Å². The number of nitrogens with one attached hydrogen (secondary N) is 1. The zero-order valence-electron chi connectivity index (χ0n) is 15.9. The molecule has 2 aromatic rings. The van der Waals surface area contributed by atoms with E-state index in [1.54, 1.807) is 18.2 Å². The van der Waals surface area contributed by atoms with Crippen LogP contribution in [0.1, 0.15) is 24.8 Å². The van der Waals surface area contributed by atoms with Gasteiger partial charge in [0.1, 0.15) is 4.90 Å². The van der Waals surface area contributed by atoms with Crippen LogP contribution in [0.25, 0.3) is 0 Å². The zero-order valence-corrected chi connectivity index (χ0v) is 17.5. The Morgan fingerprint density at radius 2 is 1.73 bits per heavy atom. The highest BCUT2D eigenvalue weighted by atomic mass is 32.2. The number of amidine groups is 1. The van der Waals surface area contributed by atoms with Crippen LogP contribution in [0, 0.1) is 0 Å². The molecular formula is C19H19N3O6S2. The predicted molar refractivity (Wildman–Crippen MR) is 109 cm³/mol. The Kier molecular flexibility index (Phi) is 4.49. The smallest absolute Gasteiger partial charge is 0.286 e. The van der Waals surface area contributed by atoms with E-state index in [4.69, 9.17) is 9.47 Å². The largest absolute Gasteiger partial charge is 0.454 e. The highest BCUT2D eigenvalue weighted by molar-refractivity contribution is 7.91. The lowest BCUT2D eigenvalue weighted by Gasteiger charge is -2.26. The summed E-state index contributed by atoms with van der Waals surface area (Å²) in [4.78, 5) is -0.208. The molecule has 11 heteroatoms.